The molecule has 0 aliphatic rings. The van der Waals surface area contributed by atoms with E-state index in [0.717, 1.165) is 103 Å². The van der Waals surface area contributed by atoms with Gasteiger partial charge in [0, 0.05) is 12.8 Å². The molecule has 91 heavy (non-hydrogen) atoms. The topological polar surface area (TPSA) is 108 Å². The van der Waals surface area contributed by atoms with Crippen molar-refractivity contribution in [2.75, 3.05) is 47.5 Å². The van der Waals surface area contributed by atoms with Crippen molar-refractivity contribution in [2.24, 2.45) is 0 Å². The first kappa shape index (κ1) is 87.0. The molecule has 2 unspecified atom stereocenters. The number of carbonyl (C=O) groups excluding carboxylic acids is 2. The molecule has 0 aromatic heterocycles. The molecule has 0 radical (unpaired) electrons. The van der Waals surface area contributed by atoms with Crippen LogP contribution >= 0.6 is 0 Å². The van der Waals surface area contributed by atoms with E-state index in [-0.39, 0.29) is 32.2 Å². The van der Waals surface area contributed by atoms with E-state index in [1.54, 1.807) is 0 Å². The van der Waals surface area contributed by atoms with Crippen molar-refractivity contribution in [2.45, 2.75) is 347 Å². The SMILES string of the molecule is CC/C=C\C/C=C\C/C=C\C/C=C\C/C=C\CCCCCCCCCCCC(=O)OC(COC(=O)CCCCCCCCCCCCCCCCCCCCCCCCCCCCCC/C=C\C/C=C\C/C=C\C/C=C\CC)COC(OCC[N+](C)(C)C)C(=O)O. The Labute approximate surface area is 562 Å². The number of allylic oxidation sites excluding steroid dienone is 18. The molecule has 0 aromatic carbocycles. The lowest BCUT2D eigenvalue weighted by Gasteiger charge is -2.25. The fourth-order valence-electron chi connectivity index (χ4n) is 10.8. The Morgan fingerprint density at radius 3 is 0.879 bits per heavy atom. The van der Waals surface area contributed by atoms with Crippen LogP contribution in [-0.2, 0) is 33.3 Å². The summed E-state index contributed by atoms with van der Waals surface area (Å²) in [5, 5.41) is 9.76. The summed E-state index contributed by atoms with van der Waals surface area (Å²) in [6.07, 6.45) is 98.1. The van der Waals surface area contributed by atoms with Crippen molar-refractivity contribution in [1.29, 1.82) is 0 Å². The second-order valence-electron chi connectivity index (χ2n) is 26.6. The van der Waals surface area contributed by atoms with Gasteiger partial charge in [0.25, 0.3) is 6.29 Å². The standard InChI is InChI=1S/C82H143NO8/c1-6-8-10-12-14-16-18-20-22-24-26-28-30-32-33-34-35-36-37-38-39-40-41-42-43-44-45-46-47-49-50-52-54-56-58-60-62-64-66-68-70-72-79(84)89-76-78(77-90-82(81(86)87)88-75-74-83(3,4)5)91-80(85)73-71-69-67-65-63-61-59-57-55-53-51-48-31-29-27-25-23-21-19-17-15-13-11-9-7-2/h8-11,14-17,20-23,26-29,48,51,78,82H,6-7,12-13,18-19,24-25,30-47,49-50,52-77H2,1-5H3/p+1/b10-8-,11-9-,16-14-,17-15-,22-20-,23-21-,28-26-,29-27-,51-48-. The second kappa shape index (κ2) is 71.8. The molecular weight excluding hydrogens is 1130 g/mol. The molecule has 0 saturated heterocycles. The lowest BCUT2D eigenvalue weighted by atomic mass is 10.0. The van der Waals surface area contributed by atoms with Crippen LogP contribution in [0.25, 0.3) is 0 Å². The highest BCUT2D eigenvalue weighted by molar-refractivity contribution is 5.71. The molecule has 2 atom stereocenters. The van der Waals surface area contributed by atoms with Crippen LogP contribution in [0.4, 0.5) is 0 Å². The number of rotatable bonds is 70. The predicted octanol–water partition coefficient (Wildman–Crippen LogP) is 24.1. The van der Waals surface area contributed by atoms with Gasteiger partial charge in [-0.3, -0.25) is 9.59 Å². The third-order valence-electron chi connectivity index (χ3n) is 16.5. The molecular formula is C82H144NO8+. The van der Waals surface area contributed by atoms with Crippen molar-refractivity contribution in [3.8, 4) is 0 Å². The first-order valence-corrected chi connectivity index (χ1v) is 38.1. The van der Waals surface area contributed by atoms with Crippen LogP contribution in [0.15, 0.2) is 109 Å². The number of ether oxygens (including phenoxy) is 4. The van der Waals surface area contributed by atoms with Crippen molar-refractivity contribution >= 4 is 17.9 Å². The summed E-state index contributed by atoms with van der Waals surface area (Å²) in [5.41, 5.74) is 0. The van der Waals surface area contributed by atoms with Gasteiger partial charge >= 0.3 is 17.9 Å². The minimum atomic E-state index is -1.52. The van der Waals surface area contributed by atoms with Gasteiger partial charge in [0.1, 0.15) is 13.2 Å². The zero-order valence-corrected chi connectivity index (χ0v) is 60.0. The van der Waals surface area contributed by atoms with E-state index in [2.05, 4.69) is 123 Å². The molecule has 9 nitrogen and oxygen atoms in total. The molecule has 0 saturated carbocycles. The van der Waals surface area contributed by atoms with E-state index >= 15 is 0 Å². The summed E-state index contributed by atoms with van der Waals surface area (Å²) in [6, 6.07) is 0. The van der Waals surface area contributed by atoms with E-state index in [9.17, 15) is 19.5 Å². The number of likely N-dealkylation sites (N-methyl/N-ethyl adjacent to an activating group) is 1. The summed E-state index contributed by atoms with van der Waals surface area (Å²) in [6.45, 7) is 4.68. The largest absolute Gasteiger partial charge is 0.477 e. The minimum absolute atomic E-state index is 0.184. The van der Waals surface area contributed by atoms with Gasteiger partial charge in [-0.05, 0) is 96.3 Å². The number of hydrogen-bond donors (Lipinski definition) is 1. The van der Waals surface area contributed by atoms with Gasteiger partial charge in [-0.2, -0.15) is 0 Å². The van der Waals surface area contributed by atoms with Gasteiger partial charge in [0.15, 0.2) is 6.10 Å². The zero-order valence-electron chi connectivity index (χ0n) is 60.0. The number of hydrogen-bond acceptors (Lipinski definition) is 7. The fourth-order valence-corrected chi connectivity index (χ4v) is 10.8. The van der Waals surface area contributed by atoms with E-state index < -0.39 is 24.3 Å². The number of carboxylic acid groups (broad SMARTS) is 1. The van der Waals surface area contributed by atoms with Crippen molar-refractivity contribution < 1.29 is 42.9 Å². The maximum atomic E-state index is 13.0. The molecule has 0 heterocycles. The molecule has 1 N–H and O–H groups in total. The molecule has 524 valence electrons. The lowest BCUT2D eigenvalue weighted by molar-refractivity contribution is -0.870. The Morgan fingerprint density at radius 1 is 0.330 bits per heavy atom. The van der Waals surface area contributed by atoms with Crippen LogP contribution in [0.2, 0.25) is 0 Å². The van der Waals surface area contributed by atoms with E-state index in [1.807, 2.05) is 21.1 Å². The molecule has 0 aliphatic heterocycles. The van der Waals surface area contributed by atoms with Crippen molar-refractivity contribution in [3.05, 3.63) is 109 Å². The molecule has 0 fully saturated rings. The van der Waals surface area contributed by atoms with Crippen LogP contribution in [0.5, 0.6) is 0 Å². The third kappa shape index (κ3) is 73.2. The van der Waals surface area contributed by atoms with Gasteiger partial charge in [0.2, 0.25) is 0 Å². The van der Waals surface area contributed by atoms with Crippen LogP contribution in [-0.4, -0.2) is 87.4 Å². The zero-order chi connectivity index (χ0) is 66.1. The normalized spacial score (nSPS) is 13.3. The highest BCUT2D eigenvalue weighted by Crippen LogP contribution is 2.19. The molecule has 0 aromatic rings. The summed E-state index contributed by atoms with van der Waals surface area (Å²) < 4.78 is 23.0. The third-order valence-corrected chi connectivity index (χ3v) is 16.5. The Balaban J connectivity index is 3.98. The van der Waals surface area contributed by atoms with Gasteiger partial charge in [-0.1, -0.05) is 335 Å². The van der Waals surface area contributed by atoms with Crippen molar-refractivity contribution in [1.82, 2.24) is 0 Å². The average Bonchev–Trinajstić information content (AvgIpc) is 3.46. The maximum Gasteiger partial charge on any atom is 0.361 e. The smallest absolute Gasteiger partial charge is 0.361 e. The van der Waals surface area contributed by atoms with Gasteiger partial charge in [-0.15, -0.1) is 0 Å². The van der Waals surface area contributed by atoms with Gasteiger partial charge < -0.3 is 28.5 Å². The van der Waals surface area contributed by atoms with E-state index in [0.29, 0.717) is 23.9 Å². The van der Waals surface area contributed by atoms with Crippen LogP contribution in [0.1, 0.15) is 335 Å². The van der Waals surface area contributed by atoms with E-state index in [1.165, 1.54) is 199 Å². The first-order valence-electron chi connectivity index (χ1n) is 38.1. The minimum Gasteiger partial charge on any atom is -0.477 e. The molecule has 0 bridgehead atoms. The fraction of sp³-hybridized carbons (Fsp3) is 0.744. The number of aliphatic carboxylic acids is 1. The maximum absolute atomic E-state index is 13.0. The summed E-state index contributed by atoms with van der Waals surface area (Å²) in [7, 11) is 5.98. The highest BCUT2D eigenvalue weighted by Gasteiger charge is 2.25. The molecule has 9 heteroatoms. The van der Waals surface area contributed by atoms with Crippen LogP contribution in [0, 0.1) is 0 Å². The molecule has 0 aliphatic carbocycles. The van der Waals surface area contributed by atoms with E-state index in [4.69, 9.17) is 18.9 Å². The molecule has 0 spiro atoms. The number of carboxylic acids is 1. The van der Waals surface area contributed by atoms with Crippen LogP contribution in [0.3, 0.4) is 0 Å². The monoisotopic (exact) mass is 1270 g/mol. The number of carbonyl (C=O) groups is 3. The lowest BCUT2D eigenvalue weighted by Crippen LogP contribution is -2.40. The summed E-state index contributed by atoms with van der Waals surface area (Å²) >= 11 is 0. The number of quaternary nitrogens is 1. The summed E-state index contributed by atoms with van der Waals surface area (Å²) in [5.74, 6) is -2.00. The Kier molecular flexibility index (Phi) is 68.6. The average molecular weight is 1270 g/mol. The Morgan fingerprint density at radius 2 is 0.593 bits per heavy atom. The number of nitrogens with zero attached hydrogens (tertiary/aromatic N) is 1. The Bertz CT molecular complexity index is 1870. The number of unbranched alkanes of at least 4 members (excludes halogenated alkanes) is 37. The Hall–Kier alpha value is -4.05. The summed E-state index contributed by atoms with van der Waals surface area (Å²) in [4.78, 5) is 37.7. The van der Waals surface area contributed by atoms with Crippen LogP contribution < -0.4 is 0 Å². The predicted molar refractivity (Wildman–Crippen MR) is 392 cm³/mol. The van der Waals surface area contributed by atoms with Gasteiger partial charge in [-0.25, -0.2) is 4.79 Å². The first-order chi connectivity index (χ1) is 44.6. The molecule has 0 amide bonds. The van der Waals surface area contributed by atoms with Gasteiger partial charge in [0.05, 0.1) is 34.4 Å². The second-order valence-corrected chi connectivity index (χ2v) is 26.6. The highest BCUT2D eigenvalue weighted by atomic mass is 16.7. The molecule has 0 rings (SSSR count). The quantitative estimate of drug-likeness (QED) is 0.0211. The number of esters is 2. The van der Waals surface area contributed by atoms with Crippen molar-refractivity contribution in [3.63, 3.8) is 0 Å².